The lowest BCUT2D eigenvalue weighted by Crippen LogP contribution is -2.46. The summed E-state index contributed by atoms with van der Waals surface area (Å²) in [5.41, 5.74) is 3.42. The molecule has 4 rings (SSSR count). The van der Waals surface area contributed by atoms with E-state index in [0.717, 1.165) is 34.6 Å². The molecule has 0 saturated carbocycles. The smallest absolute Gasteiger partial charge is 0.322 e. The van der Waals surface area contributed by atoms with E-state index in [4.69, 9.17) is 9.26 Å². The summed E-state index contributed by atoms with van der Waals surface area (Å²) in [6.07, 6.45) is 0.843. The maximum atomic E-state index is 12.8. The van der Waals surface area contributed by atoms with Crippen LogP contribution in [-0.4, -0.2) is 34.2 Å². The number of nitrogens with zero attached hydrogens (tertiary/aromatic N) is 3. The average molecular weight is 418 g/mol. The van der Waals surface area contributed by atoms with E-state index in [1.165, 1.54) is 0 Å². The van der Waals surface area contributed by atoms with Gasteiger partial charge in [0.05, 0.1) is 18.2 Å². The quantitative estimate of drug-likeness (QED) is 0.581. The molecule has 160 valence electrons. The third-order valence-corrected chi connectivity index (χ3v) is 5.26. The molecule has 1 aromatic heterocycles. The fraction of sp³-hybridized carbons (Fsp3) is 0.292. The number of carbonyl (C=O) groups is 1. The van der Waals surface area contributed by atoms with Gasteiger partial charge in [0, 0.05) is 17.8 Å². The molecular weight excluding hydrogens is 392 g/mol. The van der Waals surface area contributed by atoms with Crippen molar-refractivity contribution in [3.63, 3.8) is 0 Å². The van der Waals surface area contributed by atoms with Crippen molar-refractivity contribution in [1.82, 2.24) is 20.4 Å². The highest BCUT2D eigenvalue weighted by Gasteiger charge is 2.35. The maximum Gasteiger partial charge on any atom is 0.322 e. The third-order valence-electron chi connectivity index (χ3n) is 5.26. The van der Waals surface area contributed by atoms with Crippen molar-refractivity contribution in [2.24, 2.45) is 0 Å². The van der Waals surface area contributed by atoms with Crippen LogP contribution in [0.25, 0.3) is 17.0 Å². The van der Waals surface area contributed by atoms with E-state index in [1.54, 1.807) is 4.90 Å². The molecule has 0 bridgehead atoms. The van der Waals surface area contributed by atoms with Gasteiger partial charge >= 0.3 is 6.03 Å². The zero-order valence-corrected chi connectivity index (χ0v) is 18.0. The van der Waals surface area contributed by atoms with Gasteiger partial charge < -0.3 is 14.6 Å². The topological polar surface area (TPSA) is 80.5 Å². The molecule has 7 heteroatoms. The van der Waals surface area contributed by atoms with Crippen molar-refractivity contribution in [2.45, 2.75) is 33.2 Å². The molecule has 0 radical (unpaired) electrons. The number of urea groups is 1. The van der Waals surface area contributed by atoms with Gasteiger partial charge in [-0.2, -0.15) is 4.98 Å². The zero-order chi connectivity index (χ0) is 21.8. The lowest BCUT2D eigenvalue weighted by atomic mass is 9.94. The summed E-state index contributed by atoms with van der Waals surface area (Å²) < 4.78 is 11.2. The second kappa shape index (κ2) is 9.04. The Bertz CT molecular complexity index is 1070. The number of nitrogens with one attached hydrogen (secondary N) is 1. The molecule has 1 atom stereocenters. The lowest BCUT2D eigenvalue weighted by Gasteiger charge is -2.35. The summed E-state index contributed by atoms with van der Waals surface area (Å²) in [7, 11) is 0. The predicted molar refractivity (Wildman–Crippen MR) is 118 cm³/mol. The summed E-state index contributed by atoms with van der Waals surface area (Å²) in [6.45, 7) is 7.15. The molecule has 3 aromatic rings. The van der Waals surface area contributed by atoms with Crippen molar-refractivity contribution in [3.8, 4) is 17.1 Å². The van der Waals surface area contributed by atoms with Crippen LogP contribution in [0.15, 0.2) is 64.8 Å². The minimum atomic E-state index is -0.365. The number of ether oxygens (including phenoxy) is 1. The lowest BCUT2D eigenvalue weighted by molar-refractivity contribution is 0.205. The Labute approximate surface area is 181 Å². The summed E-state index contributed by atoms with van der Waals surface area (Å²) >= 11 is 0. The number of hydrogen-bond donors (Lipinski definition) is 1. The van der Waals surface area contributed by atoms with Gasteiger partial charge in [0.2, 0.25) is 5.82 Å². The molecule has 1 unspecified atom stereocenters. The first-order valence-electron chi connectivity index (χ1n) is 10.5. The normalized spacial score (nSPS) is 16.4. The third kappa shape index (κ3) is 4.17. The highest BCUT2D eigenvalue weighted by Crippen LogP contribution is 2.37. The number of carbonyl (C=O) groups excluding carboxylic acids is 1. The van der Waals surface area contributed by atoms with E-state index in [-0.39, 0.29) is 12.1 Å². The Hall–Kier alpha value is -3.61. The highest BCUT2D eigenvalue weighted by atomic mass is 16.5. The zero-order valence-electron chi connectivity index (χ0n) is 18.0. The summed E-state index contributed by atoms with van der Waals surface area (Å²) in [6, 6.07) is 16.9. The Morgan fingerprint density at radius 2 is 1.84 bits per heavy atom. The first-order chi connectivity index (χ1) is 15.1. The number of benzene rings is 2. The minimum absolute atomic E-state index is 0.122. The second-order valence-corrected chi connectivity index (χ2v) is 7.32. The Balaban J connectivity index is 1.74. The van der Waals surface area contributed by atoms with Crippen molar-refractivity contribution in [2.75, 3.05) is 13.2 Å². The van der Waals surface area contributed by atoms with Crippen LogP contribution in [0.1, 0.15) is 44.7 Å². The first kappa shape index (κ1) is 20.7. The van der Waals surface area contributed by atoms with Crippen LogP contribution in [0.4, 0.5) is 4.79 Å². The van der Waals surface area contributed by atoms with Crippen molar-refractivity contribution < 1.29 is 14.1 Å². The molecule has 2 aromatic carbocycles. The molecule has 0 spiro atoms. The molecule has 7 nitrogen and oxygen atoms in total. The van der Waals surface area contributed by atoms with E-state index < -0.39 is 0 Å². The number of rotatable bonds is 7. The van der Waals surface area contributed by atoms with Gasteiger partial charge in [-0.1, -0.05) is 42.4 Å². The van der Waals surface area contributed by atoms with E-state index in [0.29, 0.717) is 24.9 Å². The number of aromatic nitrogens is 2. The maximum absolute atomic E-state index is 12.8. The van der Waals surface area contributed by atoms with Crippen LogP contribution in [0.5, 0.6) is 5.75 Å². The van der Waals surface area contributed by atoms with Gasteiger partial charge in [-0.3, -0.25) is 4.90 Å². The van der Waals surface area contributed by atoms with Gasteiger partial charge in [0.1, 0.15) is 5.75 Å². The molecule has 2 heterocycles. The molecule has 0 saturated heterocycles. The standard InChI is InChI=1S/C24H26N4O3/c1-4-15-28-16(3)20(21(25-24(28)29)17-9-7-6-8-10-17)23-26-22(27-31-23)18-11-13-19(14-12-18)30-5-2/h6-14,21H,4-5,15H2,1-3H3,(H,25,29). The Morgan fingerprint density at radius 1 is 1.10 bits per heavy atom. The van der Waals surface area contributed by atoms with E-state index in [2.05, 4.69) is 15.5 Å². The first-order valence-corrected chi connectivity index (χ1v) is 10.5. The monoisotopic (exact) mass is 418 g/mol. The predicted octanol–water partition coefficient (Wildman–Crippen LogP) is 5.04. The van der Waals surface area contributed by atoms with Crippen LogP contribution in [-0.2, 0) is 0 Å². The Morgan fingerprint density at radius 3 is 2.52 bits per heavy atom. The summed E-state index contributed by atoms with van der Waals surface area (Å²) in [5, 5.41) is 7.30. The van der Waals surface area contributed by atoms with Gasteiger partial charge in [0.25, 0.3) is 5.89 Å². The van der Waals surface area contributed by atoms with Gasteiger partial charge in [-0.25, -0.2) is 4.79 Å². The van der Waals surface area contributed by atoms with Crippen LogP contribution in [0.3, 0.4) is 0 Å². The number of hydrogen-bond acceptors (Lipinski definition) is 5. The molecule has 1 aliphatic heterocycles. The van der Waals surface area contributed by atoms with Crippen LogP contribution >= 0.6 is 0 Å². The van der Waals surface area contributed by atoms with Crippen molar-refractivity contribution >= 4 is 11.6 Å². The Kier molecular flexibility index (Phi) is 6.02. The average Bonchev–Trinajstić information content (AvgIpc) is 3.27. The largest absolute Gasteiger partial charge is 0.494 e. The molecule has 2 amide bonds. The van der Waals surface area contributed by atoms with E-state index in [9.17, 15) is 4.79 Å². The summed E-state index contributed by atoms with van der Waals surface area (Å²) in [5.74, 6) is 1.68. The fourth-order valence-corrected chi connectivity index (χ4v) is 3.76. The van der Waals surface area contributed by atoms with Crippen LogP contribution in [0, 0.1) is 0 Å². The molecule has 0 fully saturated rings. The molecule has 1 N–H and O–H groups in total. The molecule has 1 aliphatic rings. The second-order valence-electron chi connectivity index (χ2n) is 7.32. The van der Waals surface area contributed by atoms with E-state index in [1.807, 2.05) is 75.4 Å². The van der Waals surface area contributed by atoms with Crippen LogP contribution in [0.2, 0.25) is 0 Å². The molecule has 31 heavy (non-hydrogen) atoms. The summed E-state index contributed by atoms with van der Waals surface area (Å²) in [4.78, 5) is 19.2. The van der Waals surface area contributed by atoms with Gasteiger partial charge in [-0.15, -0.1) is 0 Å². The number of allylic oxidation sites excluding steroid dienone is 1. The highest BCUT2D eigenvalue weighted by molar-refractivity contribution is 5.86. The molecular formula is C24H26N4O3. The van der Waals surface area contributed by atoms with Gasteiger partial charge in [0.15, 0.2) is 0 Å². The van der Waals surface area contributed by atoms with Crippen LogP contribution < -0.4 is 10.1 Å². The number of amides is 2. The molecule has 0 aliphatic carbocycles. The van der Waals surface area contributed by atoms with E-state index >= 15 is 0 Å². The minimum Gasteiger partial charge on any atom is -0.494 e. The van der Waals surface area contributed by atoms with Gasteiger partial charge in [-0.05, 0) is 50.1 Å². The SMILES string of the molecule is CCCN1C(=O)NC(c2ccccc2)C(c2nc(-c3ccc(OCC)cc3)no2)=C1C. The van der Waals surface area contributed by atoms with Crippen molar-refractivity contribution in [3.05, 3.63) is 71.7 Å². The fourth-order valence-electron chi connectivity index (χ4n) is 3.76. The van der Waals surface area contributed by atoms with Crippen molar-refractivity contribution in [1.29, 1.82) is 0 Å².